The van der Waals surface area contributed by atoms with E-state index >= 15 is 0 Å². The lowest BCUT2D eigenvalue weighted by Crippen LogP contribution is -2.60. The second-order valence-electron chi connectivity index (χ2n) is 7.84. The molecule has 0 bridgehead atoms. The van der Waals surface area contributed by atoms with Crippen molar-refractivity contribution >= 4 is 0 Å². The fourth-order valence-corrected chi connectivity index (χ4v) is 4.65. The third kappa shape index (κ3) is 3.71. The lowest BCUT2D eigenvalue weighted by molar-refractivity contribution is -0.0941. The van der Waals surface area contributed by atoms with E-state index in [4.69, 9.17) is 0 Å². The SMILES string of the molecule is O[C@]1(c2ccccc2)CCN(CCc2ccccc2)C[C@H]1N1CCCC1. The van der Waals surface area contributed by atoms with Crippen LogP contribution in [0.4, 0.5) is 0 Å². The number of aliphatic hydroxyl groups is 1. The smallest absolute Gasteiger partial charge is 0.108 e. The van der Waals surface area contributed by atoms with Gasteiger partial charge in [-0.15, -0.1) is 0 Å². The van der Waals surface area contributed by atoms with Crippen molar-refractivity contribution in [2.24, 2.45) is 0 Å². The number of hydrogen-bond acceptors (Lipinski definition) is 3. The quantitative estimate of drug-likeness (QED) is 0.896. The van der Waals surface area contributed by atoms with Crippen molar-refractivity contribution in [2.45, 2.75) is 37.3 Å². The number of piperidine rings is 1. The average Bonchev–Trinajstić information content (AvgIpc) is 3.23. The molecule has 0 aliphatic carbocycles. The van der Waals surface area contributed by atoms with Crippen molar-refractivity contribution in [3.05, 3.63) is 71.8 Å². The summed E-state index contributed by atoms with van der Waals surface area (Å²) in [5.74, 6) is 0. The molecule has 3 nitrogen and oxygen atoms in total. The normalized spacial score (nSPS) is 27.7. The zero-order valence-corrected chi connectivity index (χ0v) is 15.6. The molecule has 2 aromatic rings. The Morgan fingerprint density at radius 1 is 0.885 bits per heavy atom. The highest BCUT2D eigenvalue weighted by atomic mass is 16.3. The zero-order valence-electron chi connectivity index (χ0n) is 15.6. The number of hydrogen-bond donors (Lipinski definition) is 1. The third-order valence-electron chi connectivity index (χ3n) is 6.21. The Bertz CT molecular complexity index is 684. The summed E-state index contributed by atoms with van der Waals surface area (Å²) in [6.07, 6.45) is 4.40. The second-order valence-corrected chi connectivity index (χ2v) is 7.84. The minimum atomic E-state index is -0.727. The number of benzene rings is 2. The van der Waals surface area contributed by atoms with Crippen LogP contribution < -0.4 is 0 Å². The Morgan fingerprint density at radius 2 is 1.54 bits per heavy atom. The lowest BCUT2D eigenvalue weighted by Gasteiger charge is -2.48. The summed E-state index contributed by atoms with van der Waals surface area (Å²) in [4.78, 5) is 5.08. The van der Waals surface area contributed by atoms with Crippen molar-refractivity contribution in [3.63, 3.8) is 0 Å². The first kappa shape index (κ1) is 17.7. The highest BCUT2D eigenvalue weighted by Crippen LogP contribution is 2.37. The molecule has 0 unspecified atom stereocenters. The number of likely N-dealkylation sites (tertiary alicyclic amines) is 2. The topological polar surface area (TPSA) is 26.7 Å². The highest BCUT2D eigenvalue weighted by Gasteiger charge is 2.45. The van der Waals surface area contributed by atoms with Crippen LogP contribution in [0.2, 0.25) is 0 Å². The van der Waals surface area contributed by atoms with Gasteiger partial charge in [-0.05, 0) is 49.9 Å². The van der Waals surface area contributed by atoms with Gasteiger partial charge in [0, 0.05) is 19.6 Å². The number of rotatable bonds is 5. The van der Waals surface area contributed by atoms with E-state index < -0.39 is 5.60 Å². The minimum Gasteiger partial charge on any atom is -0.383 e. The Morgan fingerprint density at radius 3 is 2.23 bits per heavy atom. The monoisotopic (exact) mass is 350 g/mol. The van der Waals surface area contributed by atoms with Gasteiger partial charge in [0.05, 0.1) is 6.04 Å². The van der Waals surface area contributed by atoms with Crippen LogP contribution in [0.1, 0.15) is 30.4 Å². The van der Waals surface area contributed by atoms with Crippen molar-refractivity contribution < 1.29 is 5.11 Å². The van der Waals surface area contributed by atoms with Crippen molar-refractivity contribution in [1.82, 2.24) is 9.80 Å². The molecule has 138 valence electrons. The zero-order chi connectivity index (χ0) is 17.8. The molecule has 0 amide bonds. The molecule has 2 heterocycles. The van der Waals surface area contributed by atoms with Crippen LogP contribution in [0, 0.1) is 0 Å². The van der Waals surface area contributed by atoms with E-state index in [-0.39, 0.29) is 6.04 Å². The molecule has 0 saturated carbocycles. The van der Waals surface area contributed by atoms with Crippen molar-refractivity contribution in [2.75, 3.05) is 32.7 Å². The molecular weight excluding hydrogens is 320 g/mol. The summed E-state index contributed by atoms with van der Waals surface area (Å²) in [7, 11) is 0. The Labute approximate surface area is 157 Å². The predicted molar refractivity (Wildman–Crippen MR) is 106 cm³/mol. The van der Waals surface area contributed by atoms with E-state index in [0.29, 0.717) is 0 Å². The summed E-state index contributed by atoms with van der Waals surface area (Å²) in [5, 5.41) is 11.7. The Kier molecular flexibility index (Phi) is 5.39. The lowest BCUT2D eigenvalue weighted by atomic mass is 9.79. The van der Waals surface area contributed by atoms with Crippen LogP contribution >= 0.6 is 0 Å². The maximum atomic E-state index is 11.7. The van der Waals surface area contributed by atoms with E-state index in [1.54, 1.807) is 0 Å². The first-order valence-corrected chi connectivity index (χ1v) is 10.0. The molecule has 1 N–H and O–H groups in total. The first-order valence-electron chi connectivity index (χ1n) is 10.0. The average molecular weight is 351 g/mol. The molecular formula is C23H30N2O. The van der Waals surface area contributed by atoms with Gasteiger partial charge in [0.25, 0.3) is 0 Å². The molecule has 2 saturated heterocycles. The predicted octanol–water partition coefficient (Wildman–Crippen LogP) is 3.29. The summed E-state index contributed by atoms with van der Waals surface area (Å²) in [6.45, 7) is 5.22. The van der Waals surface area contributed by atoms with Gasteiger partial charge in [-0.2, -0.15) is 0 Å². The molecule has 2 aliphatic rings. The second kappa shape index (κ2) is 7.91. The molecule has 2 aromatic carbocycles. The third-order valence-corrected chi connectivity index (χ3v) is 6.21. The van der Waals surface area contributed by atoms with Gasteiger partial charge in [-0.1, -0.05) is 60.7 Å². The molecule has 0 radical (unpaired) electrons. The van der Waals surface area contributed by atoms with Crippen molar-refractivity contribution in [1.29, 1.82) is 0 Å². The van der Waals surface area contributed by atoms with Crippen molar-refractivity contribution in [3.8, 4) is 0 Å². The molecule has 0 spiro atoms. The Balaban J connectivity index is 1.49. The van der Waals surface area contributed by atoms with Gasteiger partial charge in [0.1, 0.15) is 5.60 Å². The molecule has 2 aliphatic heterocycles. The van der Waals surface area contributed by atoms with Gasteiger partial charge in [0.15, 0.2) is 0 Å². The summed E-state index contributed by atoms with van der Waals surface area (Å²) < 4.78 is 0. The standard InChI is InChI=1S/C23H30N2O/c26-23(21-11-5-2-6-12-21)14-18-24(17-13-20-9-3-1-4-10-20)19-22(23)25-15-7-8-16-25/h1-6,9-12,22,26H,7-8,13-19H2/t22-,23+/m1/s1. The largest absolute Gasteiger partial charge is 0.383 e. The van der Waals surface area contributed by atoms with Crippen LogP contribution in [-0.2, 0) is 12.0 Å². The molecule has 26 heavy (non-hydrogen) atoms. The van der Waals surface area contributed by atoms with Crippen LogP contribution in [-0.4, -0.2) is 53.7 Å². The van der Waals surface area contributed by atoms with Gasteiger partial charge >= 0.3 is 0 Å². The van der Waals surface area contributed by atoms with Crippen LogP contribution in [0.15, 0.2) is 60.7 Å². The van der Waals surface area contributed by atoms with E-state index in [9.17, 15) is 5.11 Å². The fourth-order valence-electron chi connectivity index (χ4n) is 4.65. The Hall–Kier alpha value is -1.68. The summed E-state index contributed by atoms with van der Waals surface area (Å²) in [5.41, 5.74) is 1.75. The first-order chi connectivity index (χ1) is 12.8. The minimum absolute atomic E-state index is 0.192. The molecule has 0 aromatic heterocycles. The number of nitrogens with zero attached hydrogens (tertiary/aromatic N) is 2. The van der Waals surface area contributed by atoms with E-state index in [1.165, 1.54) is 18.4 Å². The van der Waals surface area contributed by atoms with Gasteiger partial charge in [-0.3, -0.25) is 4.90 Å². The molecule has 4 rings (SSSR count). The summed E-state index contributed by atoms with van der Waals surface area (Å²) in [6, 6.07) is 21.3. The van der Waals surface area contributed by atoms with Gasteiger partial charge in [-0.25, -0.2) is 0 Å². The maximum Gasteiger partial charge on any atom is 0.108 e. The van der Waals surface area contributed by atoms with E-state index in [1.807, 2.05) is 6.07 Å². The molecule has 3 heteroatoms. The maximum absolute atomic E-state index is 11.7. The van der Waals surface area contributed by atoms with Crippen LogP contribution in [0.3, 0.4) is 0 Å². The van der Waals surface area contributed by atoms with Crippen LogP contribution in [0.5, 0.6) is 0 Å². The van der Waals surface area contributed by atoms with E-state index in [2.05, 4.69) is 64.4 Å². The van der Waals surface area contributed by atoms with Gasteiger partial charge < -0.3 is 10.0 Å². The van der Waals surface area contributed by atoms with Gasteiger partial charge in [0.2, 0.25) is 0 Å². The molecule has 2 atom stereocenters. The highest BCUT2D eigenvalue weighted by molar-refractivity contribution is 5.26. The van der Waals surface area contributed by atoms with Crippen LogP contribution in [0.25, 0.3) is 0 Å². The fraction of sp³-hybridized carbons (Fsp3) is 0.478. The van der Waals surface area contributed by atoms with E-state index in [0.717, 1.165) is 51.1 Å². The summed E-state index contributed by atoms with van der Waals surface area (Å²) >= 11 is 0. The molecule has 2 fully saturated rings.